The third kappa shape index (κ3) is 3.65. The van der Waals surface area contributed by atoms with Crippen LogP contribution in [0.4, 0.5) is 0 Å². The highest BCUT2D eigenvalue weighted by Crippen LogP contribution is 2.48. The molecule has 3 heterocycles. The summed E-state index contributed by atoms with van der Waals surface area (Å²) >= 11 is 0. The maximum Gasteiger partial charge on any atom is 0.169 e. The molecule has 6 aliphatic rings. The third-order valence-electron chi connectivity index (χ3n) is 8.36. The SMILES string of the molecule is C1CCC2(CC1)O[C@@H]([C@@H]1COC3(CCCCC3)O1)[C@@H]([C@H]1COC3(CCCCC3)O1)O2. The van der Waals surface area contributed by atoms with Crippen LogP contribution in [0.15, 0.2) is 0 Å². The molecule has 0 N–H and O–H groups in total. The van der Waals surface area contributed by atoms with Crippen LogP contribution in [0.5, 0.6) is 0 Å². The number of rotatable bonds is 2. The zero-order valence-electron chi connectivity index (χ0n) is 18.3. The van der Waals surface area contributed by atoms with E-state index in [1.165, 1.54) is 44.9 Å². The van der Waals surface area contributed by atoms with Gasteiger partial charge in [0.15, 0.2) is 17.4 Å². The smallest absolute Gasteiger partial charge is 0.169 e. The predicted molar refractivity (Wildman–Crippen MR) is 109 cm³/mol. The van der Waals surface area contributed by atoms with Crippen LogP contribution in [0.3, 0.4) is 0 Å². The molecular formula is C24H38O6. The van der Waals surface area contributed by atoms with E-state index in [1.54, 1.807) is 0 Å². The van der Waals surface area contributed by atoms with Crippen molar-refractivity contribution < 1.29 is 28.4 Å². The lowest BCUT2D eigenvalue weighted by Gasteiger charge is -2.34. The molecule has 3 spiro atoms. The third-order valence-corrected chi connectivity index (χ3v) is 8.36. The van der Waals surface area contributed by atoms with Crippen LogP contribution in [0.25, 0.3) is 0 Å². The molecule has 6 heteroatoms. The van der Waals surface area contributed by atoms with Gasteiger partial charge in [-0.25, -0.2) is 0 Å². The average molecular weight is 423 g/mol. The zero-order valence-corrected chi connectivity index (χ0v) is 18.3. The average Bonchev–Trinajstić information content (AvgIpc) is 3.47. The summed E-state index contributed by atoms with van der Waals surface area (Å²) < 4.78 is 39.3. The van der Waals surface area contributed by atoms with Gasteiger partial charge in [-0.3, -0.25) is 0 Å². The van der Waals surface area contributed by atoms with Crippen LogP contribution < -0.4 is 0 Å². The van der Waals surface area contributed by atoms with Gasteiger partial charge >= 0.3 is 0 Å². The monoisotopic (exact) mass is 422 g/mol. The Bertz CT molecular complexity index is 559. The molecule has 0 radical (unpaired) electrons. The summed E-state index contributed by atoms with van der Waals surface area (Å²) in [7, 11) is 0. The van der Waals surface area contributed by atoms with Gasteiger partial charge in [0, 0.05) is 38.5 Å². The fourth-order valence-electron chi connectivity index (χ4n) is 6.74. The van der Waals surface area contributed by atoms with Crippen molar-refractivity contribution in [3.05, 3.63) is 0 Å². The number of hydrogen-bond donors (Lipinski definition) is 0. The highest BCUT2D eigenvalue weighted by molar-refractivity contribution is 5.00. The minimum atomic E-state index is -0.467. The summed E-state index contributed by atoms with van der Waals surface area (Å²) in [6.45, 7) is 1.19. The molecule has 0 unspecified atom stereocenters. The van der Waals surface area contributed by atoms with Crippen molar-refractivity contribution in [3.8, 4) is 0 Å². The normalized spacial score (nSPS) is 42.4. The molecule has 170 valence electrons. The Balaban J connectivity index is 1.21. The Kier molecular flexibility index (Phi) is 5.41. The van der Waals surface area contributed by atoms with E-state index in [-0.39, 0.29) is 24.4 Å². The summed E-state index contributed by atoms with van der Waals surface area (Å²) in [6, 6.07) is 0. The Labute approximate surface area is 180 Å². The highest BCUT2D eigenvalue weighted by atomic mass is 16.8. The zero-order chi connectivity index (χ0) is 20.1. The van der Waals surface area contributed by atoms with Crippen molar-refractivity contribution in [1.82, 2.24) is 0 Å². The van der Waals surface area contributed by atoms with Crippen molar-refractivity contribution in [2.75, 3.05) is 13.2 Å². The Hall–Kier alpha value is -0.240. The maximum atomic E-state index is 6.75. The summed E-state index contributed by atoms with van der Waals surface area (Å²) in [4.78, 5) is 0. The van der Waals surface area contributed by atoms with Crippen molar-refractivity contribution in [1.29, 1.82) is 0 Å². The van der Waals surface area contributed by atoms with Crippen LogP contribution in [0.1, 0.15) is 96.3 Å². The van der Waals surface area contributed by atoms with Crippen LogP contribution >= 0.6 is 0 Å². The number of ether oxygens (including phenoxy) is 6. The first-order chi connectivity index (χ1) is 14.7. The van der Waals surface area contributed by atoms with Crippen LogP contribution in [-0.2, 0) is 28.4 Å². The molecule has 0 aromatic rings. The lowest BCUT2D eigenvalue weighted by molar-refractivity contribution is -0.221. The summed E-state index contributed by atoms with van der Waals surface area (Å²) in [5.74, 6) is -1.25. The molecule has 0 aromatic heterocycles. The quantitative estimate of drug-likeness (QED) is 0.649. The van der Waals surface area contributed by atoms with Crippen LogP contribution in [0, 0.1) is 0 Å². The molecule has 3 aliphatic carbocycles. The second kappa shape index (κ2) is 7.96. The van der Waals surface area contributed by atoms with E-state index >= 15 is 0 Å². The van der Waals surface area contributed by atoms with Crippen LogP contribution in [-0.4, -0.2) is 55.0 Å². The second-order valence-electron chi connectivity index (χ2n) is 10.5. The standard InChI is InChI=1S/C24H38O6/c1-4-10-22(11-5-1)25-16-18(27-22)20-21(30-24(29-20)14-8-3-9-15-24)19-17-26-23(28-19)12-6-2-7-13-23/h18-21H,1-17H2/t18-,19+,20-,21+. The molecule has 3 saturated carbocycles. The molecule has 6 nitrogen and oxygen atoms in total. The largest absolute Gasteiger partial charge is 0.347 e. The summed E-state index contributed by atoms with van der Waals surface area (Å²) in [6.07, 6.45) is 16.4. The van der Waals surface area contributed by atoms with Gasteiger partial charge in [-0.2, -0.15) is 0 Å². The van der Waals surface area contributed by atoms with E-state index in [0.717, 1.165) is 51.4 Å². The summed E-state index contributed by atoms with van der Waals surface area (Å²) in [5.41, 5.74) is 0. The fourth-order valence-corrected chi connectivity index (χ4v) is 6.74. The predicted octanol–water partition coefficient (Wildman–Crippen LogP) is 4.58. The highest BCUT2D eigenvalue weighted by Gasteiger charge is 2.59. The first kappa shape index (κ1) is 20.4. The van der Waals surface area contributed by atoms with E-state index in [0.29, 0.717) is 13.2 Å². The minimum Gasteiger partial charge on any atom is -0.347 e. The van der Waals surface area contributed by atoms with Crippen molar-refractivity contribution in [2.45, 2.75) is 138 Å². The lowest BCUT2D eigenvalue weighted by Crippen LogP contribution is -2.46. The van der Waals surface area contributed by atoms with Crippen molar-refractivity contribution in [2.24, 2.45) is 0 Å². The molecule has 4 atom stereocenters. The lowest BCUT2D eigenvalue weighted by atomic mass is 9.94. The first-order valence-electron chi connectivity index (χ1n) is 12.7. The van der Waals surface area contributed by atoms with Crippen LogP contribution in [0.2, 0.25) is 0 Å². The van der Waals surface area contributed by atoms with Gasteiger partial charge in [0.1, 0.15) is 24.4 Å². The molecule has 30 heavy (non-hydrogen) atoms. The van der Waals surface area contributed by atoms with Gasteiger partial charge in [-0.05, 0) is 38.5 Å². The van der Waals surface area contributed by atoms with E-state index in [4.69, 9.17) is 28.4 Å². The van der Waals surface area contributed by atoms with E-state index in [1.807, 2.05) is 0 Å². The van der Waals surface area contributed by atoms with E-state index in [9.17, 15) is 0 Å². The second-order valence-corrected chi connectivity index (χ2v) is 10.5. The van der Waals surface area contributed by atoms with Gasteiger partial charge in [-0.1, -0.05) is 19.3 Å². The molecule has 3 aliphatic heterocycles. The first-order valence-corrected chi connectivity index (χ1v) is 12.7. The van der Waals surface area contributed by atoms with E-state index < -0.39 is 17.4 Å². The van der Waals surface area contributed by atoms with Gasteiger partial charge in [0.05, 0.1) is 13.2 Å². The maximum absolute atomic E-state index is 6.75. The van der Waals surface area contributed by atoms with Crippen molar-refractivity contribution in [3.63, 3.8) is 0 Å². The molecule has 6 rings (SSSR count). The topological polar surface area (TPSA) is 55.4 Å². The molecule has 0 bridgehead atoms. The molecule has 3 saturated heterocycles. The molecule has 0 aromatic carbocycles. The molecular weight excluding hydrogens is 384 g/mol. The molecule has 0 amide bonds. The van der Waals surface area contributed by atoms with Gasteiger partial charge in [0.25, 0.3) is 0 Å². The fraction of sp³-hybridized carbons (Fsp3) is 1.00. The Morgan fingerprint density at radius 2 is 0.767 bits per heavy atom. The summed E-state index contributed by atoms with van der Waals surface area (Å²) in [5, 5.41) is 0. The number of hydrogen-bond acceptors (Lipinski definition) is 6. The van der Waals surface area contributed by atoms with Gasteiger partial charge in [-0.15, -0.1) is 0 Å². The van der Waals surface area contributed by atoms with Crippen molar-refractivity contribution >= 4 is 0 Å². The Morgan fingerprint density at radius 3 is 1.17 bits per heavy atom. The Morgan fingerprint density at radius 1 is 0.400 bits per heavy atom. The van der Waals surface area contributed by atoms with E-state index in [2.05, 4.69) is 0 Å². The minimum absolute atomic E-state index is 0.0825. The molecule has 6 fully saturated rings. The van der Waals surface area contributed by atoms with Gasteiger partial charge in [0.2, 0.25) is 0 Å². The van der Waals surface area contributed by atoms with Gasteiger partial charge < -0.3 is 28.4 Å².